The Balaban J connectivity index is 2.69. The molecule has 102 valence electrons. The molecule has 0 spiro atoms. The number of hydrogen-bond donors (Lipinski definition) is 1. The van der Waals surface area contributed by atoms with E-state index in [1.165, 1.54) is 15.3 Å². The van der Waals surface area contributed by atoms with E-state index in [2.05, 4.69) is 72.0 Å². The number of nitrogens with one attached hydrogen (secondary N) is 1. The summed E-state index contributed by atoms with van der Waals surface area (Å²) in [6, 6.07) is 4.48. The van der Waals surface area contributed by atoms with Crippen LogP contribution in [0.3, 0.4) is 0 Å². The standard InChI is InChI=1S/C16H27NS/c1-12(11-17-16(5,6)7)10-13-8-9-14(18-13)15(2,3)4/h8-10,17H,11H2,1-7H3/b12-10-. The molecular weight excluding hydrogens is 238 g/mol. The third-order valence-electron chi connectivity index (χ3n) is 2.65. The molecule has 0 saturated heterocycles. The van der Waals surface area contributed by atoms with E-state index < -0.39 is 0 Å². The molecule has 0 unspecified atom stereocenters. The fourth-order valence-corrected chi connectivity index (χ4v) is 2.62. The molecule has 1 nitrogen and oxygen atoms in total. The molecule has 1 heterocycles. The number of rotatable bonds is 3. The third kappa shape index (κ3) is 5.36. The monoisotopic (exact) mass is 265 g/mol. The van der Waals surface area contributed by atoms with Crippen molar-refractivity contribution in [1.29, 1.82) is 0 Å². The Bertz CT molecular complexity index is 413. The maximum absolute atomic E-state index is 3.52. The van der Waals surface area contributed by atoms with Crippen LogP contribution in [0.25, 0.3) is 6.08 Å². The lowest BCUT2D eigenvalue weighted by molar-refractivity contribution is 0.445. The molecule has 0 aliphatic carbocycles. The summed E-state index contributed by atoms with van der Waals surface area (Å²) in [5, 5.41) is 3.52. The molecule has 0 aromatic carbocycles. The second-order valence-electron chi connectivity index (χ2n) is 7.05. The Hall–Kier alpha value is -0.600. The van der Waals surface area contributed by atoms with Gasteiger partial charge in [-0.15, -0.1) is 11.3 Å². The Morgan fingerprint density at radius 3 is 2.22 bits per heavy atom. The van der Waals surface area contributed by atoms with Gasteiger partial charge in [-0.05, 0) is 51.3 Å². The van der Waals surface area contributed by atoms with Crippen LogP contribution in [-0.2, 0) is 5.41 Å². The average molecular weight is 265 g/mol. The summed E-state index contributed by atoms with van der Waals surface area (Å²) in [4.78, 5) is 2.80. The summed E-state index contributed by atoms with van der Waals surface area (Å²) in [6.07, 6.45) is 2.29. The summed E-state index contributed by atoms with van der Waals surface area (Å²) in [6.45, 7) is 16.5. The SMILES string of the molecule is C/C(=C/c1ccc(C(C)(C)C)s1)CNC(C)(C)C. The molecule has 1 aromatic rings. The van der Waals surface area contributed by atoms with Crippen LogP contribution in [0.15, 0.2) is 17.7 Å². The summed E-state index contributed by atoms with van der Waals surface area (Å²) in [7, 11) is 0. The van der Waals surface area contributed by atoms with Crippen molar-refractivity contribution in [2.75, 3.05) is 6.54 Å². The third-order valence-corrected chi connectivity index (χ3v) is 4.11. The van der Waals surface area contributed by atoms with E-state index in [0.29, 0.717) is 0 Å². The summed E-state index contributed by atoms with van der Waals surface area (Å²) < 4.78 is 0. The van der Waals surface area contributed by atoms with Gasteiger partial charge in [0.2, 0.25) is 0 Å². The molecule has 0 amide bonds. The van der Waals surface area contributed by atoms with Gasteiger partial charge in [0.05, 0.1) is 0 Å². The van der Waals surface area contributed by atoms with Gasteiger partial charge in [-0.3, -0.25) is 0 Å². The highest BCUT2D eigenvalue weighted by Gasteiger charge is 2.15. The Kier molecular flexibility index (Phi) is 4.79. The zero-order chi connectivity index (χ0) is 14.0. The van der Waals surface area contributed by atoms with Gasteiger partial charge in [-0.2, -0.15) is 0 Å². The van der Waals surface area contributed by atoms with E-state index in [9.17, 15) is 0 Å². The van der Waals surface area contributed by atoms with Crippen molar-refractivity contribution in [3.63, 3.8) is 0 Å². The lowest BCUT2D eigenvalue weighted by Gasteiger charge is -2.20. The summed E-state index contributed by atoms with van der Waals surface area (Å²) in [5.41, 5.74) is 1.82. The van der Waals surface area contributed by atoms with Crippen molar-refractivity contribution in [2.24, 2.45) is 0 Å². The normalized spacial score (nSPS) is 14.1. The molecule has 0 bridgehead atoms. The quantitative estimate of drug-likeness (QED) is 0.825. The van der Waals surface area contributed by atoms with E-state index >= 15 is 0 Å². The van der Waals surface area contributed by atoms with Gasteiger partial charge in [-0.25, -0.2) is 0 Å². The number of hydrogen-bond acceptors (Lipinski definition) is 2. The van der Waals surface area contributed by atoms with E-state index in [4.69, 9.17) is 0 Å². The lowest BCUT2D eigenvalue weighted by atomic mass is 9.95. The minimum Gasteiger partial charge on any atom is -0.308 e. The molecule has 0 saturated carbocycles. The second-order valence-corrected chi connectivity index (χ2v) is 8.16. The van der Waals surface area contributed by atoms with Gasteiger partial charge in [-0.1, -0.05) is 26.3 Å². The van der Waals surface area contributed by atoms with E-state index in [-0.39, 0.29) is 11.0 Å². The second kappa shape index (κ2) is 5.58. The van der Waals surface area contributed by atoms with Crippen LogP contribution in [0, 0.1) is 0 Å². The lowest BCUT2D eigenvalue weighted by Crippen LogP contribution is -2.36. The molecule has 0 radical (unpaired) electrons. The molecular formula is C16H27NS. The van der Waals surface area contributed by atoms with Gasteiger partial charge in [0, 0.05) is 21.8 Å². The van der Waals surface area contributed by atoms with Crippen molar-refractivity contribution < 1.29 is 0 Å². The highest BCUT2D eigenvalue weighted by Crippen LogP contribution is 2.30. The first-order valence-corrected chi connectivity index (χ1v) is 7.42. The van der Waals surface area contributed by atoms with E-state index in [1.54, 1.807) is 0 Å². The maximum Gasteiger partial charge on any atom is 0.0273 e. The van der Waals surface area contributed by atoms with Crippen LogP contribution in [0.1, 0.15) is 58.2 Å². The first-order valence-electron chi connectivity index (χ1n) is 6.60. The van der Waals surface area contributed by atoms with Crippen molar-refractivity contribution in [3.05, 3.63) is 27.5 Å². The van der Waals surface area contributed by atoms with Crippen LogP contribution in [0.2, 0.25) is 0 Å². The molecule has 0 aliphatic rings. The van der Waals surface area contributed by atoms with E-state index in [1.807, 2.05) is 11.3 Å². The highest BCUT2D eigenvalue weighted by atomic mass is 32.1. The van der Waals surface area contributed by atoms with Crippen LogP contribution in [0.4, 0.5) is 0 Å². The molecule has 2 heteroatoms. The molecule has 1 N–H and O–H groups in total. The Morgan fingerprint density at radius 2 is 1.78 bits per heavy atom. The molecule has 18 heavy (non-hydrogen) atoms. The predicted molar refractivity (Wildman–Crippen MR) is 84.4 cm³/mol. The Labute approximate surface area is 116 Å². The van der Waals surface area contributed by atoms with E-state index in [0.717, 1.165) is 6.54 Å². The fourth-order valence-electron chi connectivity index (χ4n) is 1.53. The first-order chi connectivity index (χ1) is 8.08. The van der Waals surface area contributed by atoms with Crippen LogP contribution in [0.5, 0.6) is 0 Å². The van der Waals surface area contributed by atoms with Crippen molar-refractivity contribution >= 4 is 17.4 Å². The van der Waals surface area contributed by atoms with Crippen LogP contribution in [-0.4, -0.2) is 12.1 Å². The molecule has 0 aliphatic heterocycles. The van der Waals surface area contributed by atoms with Gasteiger partial charge >= 0.3 is 0 Å². The fraction of sp³-hybridized carbons (Fsp3) is 0.625. The predicted octanol–water partition coefficient (Wildman–Crippen LogP) is 4.84. The van der Waals surface area contributed by atoms with Gasteiger partial charge in [0.25, 0.3) is 0 Å². The topological polar surface area (TPSA) is 12.0 Å². The zero-order valence-electron chi connectivity index (χ0n) is 12.8. The summed E-state index contributed by atoms with van der Waals surface area (Å²) in [5.74, 6) is 0. The minimum atomic E-state index is 0.182. The Morgan fingerprint density at radius 1 is 1.17 bits per heavy atom. The van der Waals surface area contributed by atoms with Crippen molar-refractivity contribution in [1.82, 2.24) is 5.32 Å². The van der Waals surface area contributed by atoms with Gasteiger partial charge in [0.15, 0.2) is 0 Å². The van der Waals surface area contributed by atoms with Crippen molar-refractivity contribution in [3.8, 4) is 0 Å². The van der Waals surface area contributed by atoms with Crippen molar-refractivity contribution in [2.45, 2.75) is 59.4 Å². The molecule has 0 fully saturated rings. The smallest absolute Gasteiger partial charge is 0.0273 e. The largest absolute Gasteiger partial charge is 0.308 e. The molecule has 1 rings (SSSR count). The number of thiophene rings is 1. The van der Waals surface area contributed by atoms with Crippen LogP contribution >= 0.6 is 11.3 Å². The maximum atomic E-state index is 3.52. The summed E-state index contributed by atoms with van der Waals surface area (Å²) >= 11 is 1.90. The first kappa shape index (κ1) is 15.5. The molecule has 1 aromatic heterocycles. The highest BCUT2D eigenvalue weighted by molar-refractivity contribution is 7.13. The van der Waals surface area contributed by atoms with Crippen LogP contribution < -0.4 is 5.32 Å². The van der Waals surface area contributed by atoms with Gasteiger partial charge < -0.3 is 5.32 Å². The van der Waals surface area contributed by atoms with Gasteiger partial charge in [0.1, 0.15) is 0 Å². The molecule has 0 atom stereocenters. The zero-order valence-corrected chi connectivity index (χ0v) is 13.7. The average Bonchev–Trinajstić information content (AvgIpc) is 2.61. The minimum absolute atomic E-state index is 0.182.